The van der Waals surface area contributed by atoms with Crippen LogP contribution in [-0.4, -0.2) is 30.3 Å². The highest BCUT2D eigenvalue weighted by atomic mass is 32.2. The highest BCUT2D eigenvalue weighted by Crippen LogP contribution is 2.24. The number of nitrogens with zero attached hydrogens (tertiary/aromatic N) is 3. The molecule has 0 saturated carbocycles. The van der Waals surface area contributed by atoms with Crippen molar-refractivity contribution in [2.24, 2.45) is 15.9 Å². The molecule has 0 aliphatic carbocycles. The summed E-state index contributed by atoms with van der Waals surface area (Å²) in [5, 5.41) is 5.14. The molecule has 9 nitrogen and oxygen atoms in total. The molecule has 0 unspecified atom stereocenters. The Bertz CT molecular complexity index is 1490. The molecule has 0 radical (unpaired) electrons. The largest absolute Gasteiger partial charge is 0.385 e. The molecule has 4 aromatic rings. The van der Waals surface area contributed by atoms with Gasteiger partial charge in [0.1, 0.15) is 0 Å². The molecule has 0 saturated heterocycles. The number of aromatic nitrogens is 2. The molecule has 0 spiro atoms. The maximum Gasteiger partial charge on any atom is 0.285 e. The summed E-state index contributed by atoms with van der Waals surface area (Å²) in [5.74, 6) is -0.523. The maximum absolute atomic E-state index is 13.3. The fraction of sp³-hybridized carbons (Fsp3) is 0.136. The average Bonchev–Trinajstić information content (AvgIpc) is 3.20. The van der Waals surface area contributed by atoms with E-state index in [1.54, 1.807) is 16.5 Å². The van der Waals surface area contributed by atoms with Gasteiger partial charge in [-0.05, 0) is 43.2 Å². The summed E-state index contributed by atoms with van der Waals surface area (Å²) >= 11 is 1.44. The molecule has 170 valence electrons. The first-order valence-corrected chi connectivity index (χ1v) is 12.3. The predicted molar refractivity (Wildman–Crippen MR) is 131 cm³/mol. The van der Waals surface area contributed by atoms with E-state index in [4.69, 9.17) is 11.5 Å². The predicted octanol–water partition coefficient (Wildman–Crippen LogP) is 2.35. The number of nitrogens with one attached hydrogen (secondary N) is 1. The lowest BCUT2D eigenvalue weighted by atomic mass is 10.1. The SMILES string of the molecule is Cc1nc2scc(-c3ccccc3)n2c(=O)c1CCNc1ccc(S(=O)(=O)N=C(N)N)cc1. The van der Waals surface area contributed by atoms with Gasteiger partial charge in [0.15, 0.2) is 4.96 Å². The van der Waals surface area contributed by atoms with Gasteiger partial charge in [0.2, 0.25) is 5.96 Å². The van der Waals surface area contributed by atoms with Gasteiger partial charge in [0.25, 0.3) is 15.6 Å². The maximum atomic E-state index is 13.3. The third-order valence-electron chi connectivity index (χ3n) is 5.02. The number of guanidine groups is 1. The summed E-state index contributed by atoms with van der Waals surface area (Å²) in [6.07, 6.45) is 0.457. The summed E-state index contributed by atoms with van der Waals surface area (Å²) in [6, 6.07) is 15.8. The number of sulfonamides is 1. The van der Waals surface area contributed by atoms with E-state index >= 15 is 0 Å². The lowest BCUT2D eigenvalue weighted by molar-refractivity contribution is 0.598. The van der Waals surface area contributed by atoms with Crippen LogP contribution in [0.1, 0.15) is 11.3 Å². The summed E-state index contributed by atoms with van der Waals surface area (Å²) in [4.78, 5) is 18.6. The Morgan fingerprint density at radius 2 is 1.82 bits per heavy atom. The third-order valence-corrected chi connectivity index (χ3v) is 7.17. The molecule has 0 amide bonds. The monoisotopic (exact) mass is 482 g/mol. The molecule has 11 heteroatoms. The Labute approximate surface area is 194 Å². The minimum Gasteiger partial charge on any atom is -0.385 e. The first kappa shape index (κ1) is 22.5. The van der Waals surface area contributed by atoms with Crippen LogP contribution in [0.2, 0.25) is 0 Å². The van der Waals surface area contributed by atoms with Gasteiger partial charge in [0, 0.05) is 28.9 Å². The van der Waals surface area contributed by atoms with Crippen molar-refractivity contribution in [2.45, 2.75) is 18.2 Å². The fourth-order valence-corrected chi connectivity index (χ4v) is 5.25. The second kappa shape index (κ2) is 9.04. The Kier molecular flexibility index (Phi) is 6.16. The van der Waals surface area contributed by atoms with E-state index in [-0.39, 0.29) is 10.5 Å². The minimum absolute atomic E-state index is 0.0175. The van der Waals surface area contributed by atoms with Crippen LogP contribution in [0.3, 0.4) is 0 Å². The van der Waals surface area contributed by atoms with E-state index in [0.717, 1.165) is 11.3 Å². The zero-order valence-corrected chi connectivity index (χ0v) is 19.4. The van der Waals surface area contributed by atoms with Crippen molar-refractivity contribution < 1.29 is 8.42 Å². The van der Waals surface area contributed by atoms with Crippen molar-refractivity contribution >= 4 is 38.0 Å². The highest BCUT2D eigenvalue weighted by molar-refractivity contribution is 7.90. The van der Waals surface area contributed by atoms with Gasteiger partial charge in [-0.15, -0.1) is 15.7 Å². The molecule has 0 fully saturated rings. The first-order chi connectivity index (χ1) is 15.8. The van der Waals surface area contributed by atoms with Crippen molar-refractivity contribution in [3.05, 3.63) is 81.6 Å². The summed E-state index contributed by atoms with van der Waals surface area (Å²) in [6.45, 7) is 2.30. The molecule has 0 aliphatic heterocycles. The van der Waals surface area contributed by atoms with Crippen LogP contribution < -0.4 is 22.3 Å². The third kappa shape index (κ3) is 4.73. The fourth-order valence-electron chi connectivity index (χ4n) is 3.45. The zero-order chi connectivity index (χ0) is 23.6. The Morgan fingerprint density at radius 3 is 2.48 bits per heavy atom. The smallest absolute Gasteiger partial charge is 0.285 e. The number of nitrogens with two attached hydrogens (primary N) is 2. The van der Waals surface area contributed by atoms with E-state index in [1.165, 1.54) is 23.5 Å². The lowest BCUT2D eigenvalue weighted by Crippen LogP contribution is -2.24. The number of hydrogen-bond acceptors (Lipinski definition) is 6. The van der Waals surface area contributed by atoms with Crippen LogP contribution in [0, 0.1) is 6.92 Å². The lowest BCUT2D eigenvalue weighted by Gasteiger charge is -2.10. The molecule has 0 aliphatic rings. The van der Waals surface area contributed by atoms with E-state index in [9.17, 15) is 13.2 Å². The number of fused-ring (bicyclic) bond motifs is 1. The topological polar surface area (TPSA) is 145 Å². The molecule has 5 N–H and O–H groups in total. The number of benzene rings is 2. The normalized spacial score (nSPS) is 11.4. The van der Waals surface area contributed by atoms with Crippen LogP contribution in [0.25, 0.3) is 16.2 Å². The number of thiazole rings is 1. The van der Waals surface area contributed by atoms with Crippen LogP contribution in [0.5, 0.6) is 0 Å². The number of hydrogen-bond donors (Lipinski definition) is 3. The van der Waals surface area contributed by atoms with Gasteiger partial charge in [0.05, 0.1) is 10.6 Å². The summed E-state index contributed by atoms with van der Waals surface area (Å²) in [7, 11) is -3.93. The summed E-state index contributed by atoms with van der Waals surface area (Å²) < 4.78 is 29.0. The van der Waals surface area contributed by atoms with Crippen molar-refractivity contribution in [2.75, 3.05) is 11.9 Å². The van der Waals surface area contributed by atoms with Gasteiger partial charge >= 0.3 is 0 Å². The van der Waals surface area contributed by atoms with Gasteiger partial charge in [-0.25, -0.2) is 4.98 Å². The molecular weight excluding hydrogens is 460 g/mol. The second-order valence-electron chi connectivity index (χ2n) is 7.28. The summed E-state index contributed by atoms with van der Waals surface area (Å²) in [5.41, 5.74) is 14.0. The molecule has 2 aromatic heterocycles. The molecule has 4 rings (SSSR count). The van der Waals surface area contributed by atoms with E-state index in [1.807, 2.05) is 42.6 Å². The number of rotatable bonds is 7. The van der Waals surface area contributed by atoms with Crippen LogP contribution in [-0.2, 0) is 16.4 Å². The zero-order valence-electron chi connectivity index (χ0n) is 17.7. The Hall–Kier alpha value is -3.70. The van der Waals surface area contributed by atoms with Crippen LogP contribution in [0.15, 0.2) is 74.1 Å². The van der Waals surface area contributed by atoms with Crippen molar-refractivity contribution in [1.29, 1.82) is 0 Å². The van der Waals surface area contributed by atoms with Gasteiger partial charge < -0.3 is 16.8 Å². The van der Waals surface area contributed by atoms with E-state index in [0.29, 0.717) is 34.9 Å². The molecule has 33 heavy (non-hydrogen) atoms. The van der Waals surface area contributed by atoms with Crippen molar-refractivity contribution in [3.8, 4) is 11.3 Å². The minimum atomic E-state index is -3.93. The average molecular weight is 483 g/mol. The number of anilines is 1. The molecular formula is C22H22N6O3S2. The molecule has 0 bridgehead atoms. The first-order valence-electron chi connectivity index (χ1n) is 10.0. The molecule has 2 heterocycles. The van der Waals surface area contributed by atoms with Gasteiger partial charge in [-0.3, -0.25) is 9.20 Å². The Morgan fingerprint density at radius 1 is 1.12 bits per heavy atom. The Balaban J connectivity index is 1.53. The van der Waals surface area contributed by atoms with Gasteiger partial charge in [-0.1, -0.05) is 30.3 Å². The van der Waals surface area contributed by atoms with Gasteiger partial charge in [-0.2, -0.15) is 8.42 Å². The van der Waals surface area contributed by atoms with E-state index < -0.39 is 16.0 Å². The standard InChI is InChI=1S/C22H22N6O3S2/c1-14-18(11-12-25-16-7-9-17(10-8-16)33(30,31)27-21(23)24)20(29)28-19(13-32-22(28)26-14)15-5-3-2-4-6-15/h2-10,13,25H,11-12H2,1H3,(H4,23,24,27). The van der Waals surface area contributed by atoms with Crippen molar-refractivity contribution in [1.82, 2.24) is 9.38 Å². The highest BCUT2D eigenvalue weighted by Gasteiger charge is 2.15. The quantitative estimate of drug-likeness (QED) is 0.271. The van der Waals surface area contributed by atoms with E-state index in [2.05, 4.69) is 14.7 Å². The van der Waals surface area contributed by atoms with Crippen molar-refractivity contribution in [3.63, 3.8) is 0 Å². The second-order valence-corrected chi connectivity index (χ2v) is 9.72. The number of aryl methyl sites for hydroxylation is 1. The van der Waals surface area contributed by atoms with Crippen LogP contribution in [0.4, 0.5) is 5.69 Å². The molecule has 2 aromatic carbocycles. The van der Waals surface area contributed by atoms with Crippen LogP contribution >= 0.6 is 11.3 Å². The molecule has 0 atom stereocenters.